The summed E-state index contributed by atoms with van der Waals surface area (Å²) in [4.78, 5) is 11.9. The van der Waals surface area contributed by atoms with E-state index in [-0.39, 0.29) is 11.9 Å². The van der Waals surface area contributed by atoms with Crippen LogP contribution < -0.4 is 0 Å². The van der Waals surface area contributed by atoms with Crippen molar-refractivity contribution in [2.24, 2.45) is 0 Å². The molecule has 0 spiro atoms. The maximum atomic E-state index is 11.9. The molecule has 0 saturated carbocycles. The summed E-state index contributed by atoms with van der Waals surface area (Å²) in [6.45, 7) is 6.58. The summed E-state index contributed by atoms with van der Waals surface area (Å²) in [5.74, 6) is 0.137. The van der Waals surface area contributed by atoms with Crippen LogP contribution in [-0.4, -0.2) is 20.2 Å². The predicted molar refractivity (Wildman–Crippen MR) is 73.3 cm³/mol. The molecule has 0 bridgehead atoms. The van der Waals surface area contributed by atoms with Gasteiger partial charge in [0.2, 0.25) is 0 Å². The van der Waals surface area contributed by atoms with Gasteiger partial charge < -0.3 is 4.43 Å². The molecule has 0 heterocycles. The number of ketones is 1. The minimum atomic E-state index is -1.65. The van der Waals surface area contributed by atoms with Gasteiger partial charge in [0.25, 0.3) is 0 Å². The molecular weight excluding hydrogens is 284 g/mol. The monoisotopic (exact) mass is 304 g/mol. The average Bonchev–Trinajstić information content (AvgIpc) is 2.32. The maximum absolute atomic E-state index is 11.9. The molecule has 1 aliphatic rings. The van der Waals surface area contributed by atoms with Crippen LogP contribution in [0.3, 0.4) is 0 Å². The molecular formula is C12H21BrO2Si. The Bertz CT molecular complexity index is 276. The highest BCUT2D eigenvalue weighted by atomic mass is 79.9. The van der Waals surface area contributed by atoms with Crippen LogP contribution >= 0.6 is 15.9 Å². The van der Waals surface area contributed by atoms with Crippen LogP contribution in [-0.2, 0) is 9.22 Å². The normalized spacial score (nSPS) is 22.1. The third kappa shape index (κ3) is 3.05. The number of halogens is 1. The molecule has 0 saturated heterocycles. The van der Waals surface area contributed by atoms with Crippen LogP contribution in [0.25, 0.3) is 0 Å². The van der Waals surface area contributed by atoms with Crippen molar-refractivity contribution in [3.05, 3.63) is 10.6 Å². The molecule has 0 fully saturated rings. The van der Waals surface area contributed by atoms with Gasteiger partial charge in [-0.3, -0.25) is 4.79 Å². The van der Waals surface area contributed by atoms with E-state index in [1.54, 1.807) is 0 Å². The topological polar surface area (TPSA) is 26.3 Å². The number of carbonyl (C=O) groups excluding carboxylic acids is 1. The van der Waals surface area contributed by atoms with Gasteiger partial charge >= 0.3 is 0 Å². The number of Topliss-reactive ketones (excluding diaryl/α,β-unsaturated/α-hetero) is 1. The fourth-order valence-corrected chi connectivity index (χ4v) is 5.47. The second kappa shape index (κ2) is 6.12. The minimum Gasteiger partial charge on any atom is -0.406 e. The summed E-state index contributed by atoms with van der Waals surface area (Å²) >= 11 is 3.31. The molecule has 4 heteroatoms. The number of hydrogen-bond donors (Lipinski definition) is 0. The molecule has 1 unspecified atom stereocenters. The second-order valence-corrected chi connectivity index (χ2v) is 9.92. The van der Waals surface area contributed by atoms with Crippen molar-refractivity contribution in [1.82, 2.24) is 0 Å². The Labute approximate surface area is 108 Å². The van der Waals surface area contributed by atoms with Gasteiger partial charge in [-0.25, -0.2) is 0 Å². The Morgan fingerprint density at radius 2 is 1.94 bits per heavy atom. The highest BCUT2D eigenvalue weighted by Gasteiger charge is 2.35. The van der Waals surface area contributed by atoms with Gasteiger partial charge in [-0.15, -0.1) is 0 Å². The molecule has 0 N–H and O–H groups in total. The van der Waals surface area contributed by atoms with Crippen LogP contribution in [0.15, 0.2) is 10.6 Å². The SMILES string of the molecule is CC[Si](CC)(CC)OC1CCC=C(Br)C1=O. The first kappa shape index (κ1) is 14.1. The summed E-state index contributed by atoms with van der Waals surface area (Å²) in [7, 11) is -1.65. The van der Waals surface area contributed by atoms with E-state index in [0.717, 1.165) is 31.0 Å². The average molecular weight is 305 g/mol. The molecule has 2 nitrogen and oxygen atoms in total. The third-order valence-electron chi connectivity index (χ3n) is 3.61. The highest BCUT2D eigenvalue weighted by molar-refractivity contribution is 9.12. The van der Waals surface area contributed by atoms with Gasteiger partial charge in [-0.1, -0.05) is 26.8 Å². The zero-order chi connectivity index (χ0) is 12.2. The van der Waals surface area contributed by atoms with E-state index in [0.29, 0.717) is 4.48 Å². The van der Waals surface area contributed by atoms with Crippen molar-refractivity contribution in [2.75, 3.05) is 0 Å². The van der Waals surface area contributed by atoms with E-state index < -0.39 is 8.32 Å². The maximum Gasteiger partial charge on any atom is 0.196 e. The lowest BCUT2D eigenvalue weighted by Gasteiger charge is -2.33. The van der Waals surface area contributed by atoms with Crippen molar-refractivity contribution in [2.45, 2.75) is 57.8 Å². The zero-order valence-electron chi connectivity index (χ0n) is 10.4. The lowest BCUT2D eigenvalue weighted by molar-refractivity contribution is -0.122. The van der Waals surface area contributed by atoms with Crippen LogP contribution in [0.5, 0.6) is 0 Å². The number of carbonyl (C=O) groups is 1. The molecule has 0 aromatic rings. The molecule has 1 rings (SSSR count). The Kier molecular flexibility index (Phi) is 5.41. The molecule has 0 aliphatic heterocycles. The molecule has 0 radical (unpaired) electrons. The van der Waals surface area contributed by atoms with E-state index >= 15 is 0 Å². The van der Waals surface area contributed by atoms with Crippen LogP contribution in [0.1, 0.15) is 33.6 Å². The van der Waals surface area contributed by atoms with Crippen molar-refractivity contribution < 1.29 is 9.22 Å². The first-order valence-corrected chi connectivity index (χ1v) is 9.48. The standard InChI is InChI=1S/C12H21BrO2Si/c1-4-16(5-2,6-3)15-11-9-7-8-10(13)12(11)14/h8,11H,4-7,9H2,1-3H3. The number of rotatable bonds is 5. The highest BCUT2D eigenvalue weighted by Crippen LogP contribution is 2.29. The van der Waals surface area contributed by atoms with E-state index in [1.807, 2.05) is 6.08 Å². The van der Waals surface area contributed by atoms with Gasteiger partial charge in [0.15, 0.2) is 14.1 Å². The first-order chi connectivity index (χ1) is 7.58. The van der Waals surface area contributed by atoms with E-state index in [2.05, 4.69) is 36.7 Å². The van der Waals surface area contributed by atoms with Gasteiger partial charge in [-0.2, -0.15) is 0 Å². The van der Waals surface area contributed by atoms with E-state index in [9.17, 15) is 4.79 Å². The van der Waals surface area contributed by atoms with Crippen molar-refractivity contribution in [3.8, 4) is 0 Å². The zero-order valence-corrected chi connectivity index (χ0v) is 13.0. The van der Waals surface area contributed by atoms with Crippen LogP contribution in [0, 0.1) is 0 Å². The molecule has 92 valence electrons. The van der Waals surface area contributed by atoms with Crippen LogP contribution in [0.2, 0.25) is 18.1 Å². The molecule has 0 aromatic heterocycles. The molecule has 16 heavy (non-hydrogen) atoms. The Balaban J connectivity index is 2.73. The van der Waals surface area contributed by atoms with Gasteiger partial charge in [0.1, 0.15) is 6.10 Å². The predicted octanol–water partition coefficient (Wildman–Crippen LogP) is 4.02. The summed E-state index contributed by atoms with van der Waals surface area (Å²) in [6.07, 6.45) is 3.56. The van der Waals surface area contributed by atoms with Crippen molar-refractivity contribution >= 4 is 30.0 Å². The Morgan fingerprint density at radius 3 is 2.44 bits per heavy atom. The van der Waals surface area contributed by atoms with Crippen LogP contribution in [0.4, 0.5) is 0 Å². The van der Waals surface area contributed by atoms with Gasteiger partial charge in [-0.05, 0) is 46.9 Å². The third-order valence-corrected chi connectivity index (χ3v) is 8.97. The minimum absolute atomic E-state index is 0.137. The van der Waals surface area contributed by atoms with Gasteiger partial charge in [0.05, 0.1) is 4.48 Å². The Morgan fingerprint density at radius 1 is 1.38 bits per heavy atom. The fourth-order valence-electron chi connectivity index (χ4n) is 2.16. The van der Waals surface area contributed by atoms with Crippen molar-refractivity contribution in [3.63, 3.8) is 0 Å². The van der Waals surface area contributed by atoms with E-state index in [4.69, 9.17) is 4.43 Å². The largest absolute Gasteiger partial charge is 0.406 e. The number of hydrogen-bond acceptors (Lipinski definition) is 2. The Hall–Kier alpha value is 0.0669. The smallest absolute Gasteiger partial charge is 0.196 e. The molecule has 1 atom stereocenters. The molecule has 0 amide bonds. The second-order valence-electron chi connectivity index (χ2n) is 4.34. The van der Waals surface area contributed by atoms with Crippen molar-refractivity contribution in [1.29, 1.82) is 0 Å². The lowest BCUT2D eigenvalue weighted by atomic mass is 10.0. The summed E-state index contributed by atoms with van der Waals surface area (Å²) < 4.78 is 6.93. The van der Waals surface area contributed by atoms with Gasteiger partial charge in [0, 0.05) is 0 Å². The summed E-state index contributed by atoms with van der Waals surface area (Å²) in [6, 6.07) is 3.31. The molecule has 1 aliphatic carbocycles. The van der Waals surface area contributed by atoms with E-state index in [1.165, 1.54) is 0 Å². The molecule has 0 aromatic carbocycles. The fraction of sp³-hybridized carbons (Fsp3) is 0.750. The summed E-state index contributed by atoms with van der Waals surface area (Å²) in [5, 5.41) is 0. The quantitative estimate of drug-likeness (QED) is 0.717. The summed E-state index contributed by atoms with van der Waals surface area (Å²) in [5.41, 5.74) is 0. The number of allylic oxidation sites excluding steroid dienone is 1. The lowest BCUT2D eigenvalue weighted by Crippen LogP contribution is -2.43. The first-order valence-electron chi connectivity index (χ1n) is 6.16.